The molecule has 0 saturated heterocycles. The van der Waals surface area contributed by atoms with Crippen LogP contribution < -0.4 is 0 Å². The molecule has 3 heteroatoms. The Hall–Kier alpha value is -0.830. The zero-order valence-electron chi connectivity index (χ0n) is 8.20. The van der Waals surface area contributed by atoms with Gasteiger partial charge in [0.2, 0.25) is 0 Å². The Morgan fingerprint density at radius 2 is 2.38 bits per heavy atom. The van der Waals surface area contributed by atoms with Gasteiger partial charge in [-0.25, -0.2) is 0 Å². The van der Waals surface area contributed by atoms with Gasteiger partial charge in [0.15, 0.2) is 0 Å². The van der Waals surface area contributed by atoms with Crippen molar-refractivity contribution in [3.8, 4) is 0 Å². The minimum absolute atomic E-state index is 0.155. The maximum Gasteiger partial charge on any atom is 0.0658 e. The standard InChI is InChI=1S/C10H16N2O/c1-7(2)12-6-8-5-9(13)3-4-10(8)11-12/h6-7,9,13H,3-5H2,1-2H3. The van der Waals surface area contributed by atoms with E-state index in [4.69, 9.17) is 0 Å². The van der Waals surface area contributed by atoms with Gasteiger partial charge in [0.1, 0.15) is 0 Å². The Kier molecular flexibility index (Phi) is 2.12. The highest BCUT2D eigenvalue weighted by Gasteiger charge is 2.19. The van der Waals surface area contributed by atoms with Gasteiger partial charge in [0.25, 0.3) is 0 Å². The number of aromatic nitrogens is 2. The SMILES string of the molecule is CC(C)n1cc2c(n1)CCC(O)C2. The molecule has 1 unspecified atom stereocenters. The van der Waals surface area contributed by atoms with E-state index in [0.717, 1.165) is 19.3 Å². The third-order valence-electron chi connectivity index (χ3n) is 2.59. The van der Waals surface area contributed by atoms with Crippen molar-refractivity contribution < 1.29 is 5.11 Å². The quantitative estimate of drug-likeness (QED) is 0.707. The summed E-state index contributed by atoms with van der Waals surface area (Å²) in [7, 11) is 0. The van der Waals surface area contributed by atoms with Crippen LogP contribution in [0.3, 0.4) is 0 Å². The lowest BCUT2D eigenvalue weighted by Gasteiger charge is -2.14. The Bertz CT molecular complexity index is 304. The predicted octanol–water partition coefficient (Wildman–Crippen LogP) is 1.31. The van der Waals surface area contributed by atoms with Crippen LogP contribution in [0.1, 0.15) is 37.6 Å². The molecule has 0 fully saturated rings. The molecule has 13 heavy (non-hydrogen) atoms. The van der Waals surface area contributed by atoms with Crippen molar-refractivity contribution in [1.29, 1.82) is 0 Å². The van der Waals surface area contributed by atoms with Crippen molar-refractivity contribution in [3.05, 3.63) is 17.5 Å². The van der Waals surface area contributed by atoms with Crippen LogP contribution in [0.4, 0.5) is 0 Å². The molecule has 0 spiro atoms. The number of hydrogen-bond acceptors (Lipinski definition) is 2. The average Bonchev–Trinajstić information content (AvgIpc) is 2.46. The highest BCUT2D eigenvalue weighted by atomic mass is 16.3. The van der Waals surface area contributed by atoms with Crippen LogP contribution in [-0.2, 0) is 12.8 Å². The predicted molar refractivity (Wildman–Crippen MR) is 50.6 cm³/mol. The molecule has 0 aliphatic heterocycles. The molecule has 2 rings (SSSR count). The molecule has 0 aromatic carbocycles. The summed E-state index contributed by atoms with van der Waals surface area (Å²) in [6, 6.07) is 0.419. The van der Waals surface area contributed by atoms with Crippen molar-refractivity contribution in [2.45, 2.75) is 45.3 Å². The normalized spacial score (nSPS) is 22.0. The maximum absolute atomic E-state index is 9.47. The van der Waals surface area contributed by atoms with E-state index in [9.17, 15) is 5.11 Å². The summed E-state index contributed by atoms with van der Waals surface area (Å²) >= 11 is 0. The number of aliphatic hydroxyl groups is 1. The number of fused-ring (bicyclic) bond motifs is 1. The summed E-state index contributed by atoms with van der Waals surface area (Å²) in [6.45, 7) is 4.24. The highest BCUT2D eigenvalue weighted by molar-refractivity contribution is 5.21. The van der Waals surface area contributed by atoms with E-state index < -0.39 is 0 Å². The minimum Gasteiger partial charge on any atom is -0.393 e. The molecule has 3 nitrogen and oxygen atoms in total. The van der Waals surface area contributed by atoms with Crippen molar-refractivity contribution >= 4 is 0 Å². The van der Waals surface area contributed by atoms with Gasteiger partial charge in [0, 0.05) is 18.7 Å². The summed E-state index contributed by atoms with van der Waals surface area (Å²) in [6.07, 6.45) is 4.49. The second-order valence-corrected chi connectivity index (χ2v) is 4.07. The third kappa shape index (κ3) is 1.61. The van der Waals surface area contributed by atoms with Gasteiger partial charge >= 0.3 is 0 Å². The van der Waals surface area contributed by atoms with E-state index in [1.165, 1.54) is 11.3 Å². The molecule has 0 radical (unpaired) electrons. The fraction of sp³-hybridized carbons (Fsp3) is 0.700. The fourth-order valence-electron chi connectivity index (χ4n) is 1.77. The highest BCUT2D eigenvalue weighted by Crippen LogP contribution is 2.21. The van der Waals surface area contributed by atoms with Crippen LogP contribution in [0.5, 0.6) is 0 Å². The van der Waals surface area contributed by atoms with E-state index in [-0.39, 0.29) is 6.10 Å². The molecule has 1 N–H and O–H groups in total. The molecular formula is C10H16N2O. The van der Waals surface area contributed by atoms with Crippen LogP contribution in [-0.4, -0.2) is 21.0 Å². The molecule has 0 bridgehead atoms. The minimum atomic E-state index is -0.155. The molecule has 72 valence electrons. The lowest BCUT2D eigenvalue weighted by Crippen LogP contribution is -2.17. The molecule has 0 amide bonds. The zero-order valence-corrected chi connectivity index (χ0v) is 8.20. The Morgan fingerprint density at radius 1 is 1.62 bits per heavy atom. The first-order chi connectivity index (χ1) is 6.16. The van der Waals surface area contributed by atoms with Gasteiger partial charge in [-0.15, -0.1) is 0 Å². The number of nitrogens with zero attached hydrogens (tertiary/aromatic N) is 2. The molecule has 1 atom stereocenters. The Morgan fingerprint density at radius 3 is 3.08 bits per heavy atom. The van der Waals surface area contributed by atoms with Gasteiger partial charge in [-0.1, -0.05) is 0 Å². The topological polar surface area (TPSA) is 38.0 Å². The summed E-state index contributed by atoms with van der Waals surface area (Å²) in [5, 5.41) is 14.0. The molecule has 0 saturated carbocycles. The van der Waals surface area contributed by atoms with Crippen molar-refractivity contribution in [3.63, 3.8) is 0 Å². The molecule has 1 aliphatic carbocycles. The van der Waals surface area contributed by atoms with Gasteiger partial charge in [-0.05, 0) is 32.3 Å². The van der Waals surface area contributed by atoms with Gasteiger partial charge in [0.05, 0.1) is 11.8 Å². The van der Waals surface area contributed by atoms with Gasteiger partial charge < -0.3 is 5.11 Å². The molecule has 1 heterocycles. The van der Waals surface area contributed by atoms with Crippen molar-refractivity contribution in [2.24, 2.45) is 0 Å². The van der Waals surface area contributed by atoms with Crippen molar-refractivity contribution in [2.75, 3.05) is 0 Å². The molecular weight excluding hydrogens is 164 g/mol. The number of rotatable bonds is 1. The van der Waals surface area contributed by atoms with E-state index in [0.29, 0.717) is 6.04 Å². The number of hydrogen-bond donors (Lipinski definition) is 1. The zero-order chi connectivity index (χ0) is 9.42. The third-order valence-corrected chi connectivity index (χ3v) is 2.59. The second kappa shape index (κ2) is 3.14. The summed E-state index contributed by atoms with van der Waals surface area (Å²) in [4.78, 5) is 0. The largest absolute Gasteiger partial charge is 0.393 e. The van der Waals surface area contributed by atoms with E-state index >= 15 is 0 Å². The molecule has 1 aromatic rings. The summed E-state index contributed by atoms with van der Waals surface area (Å²) in [5.41, 5.74) is 2.41. The smallest absolute Gasteiger partial charge is 0.0658 e. The van der Waals surface area contributed by atoms with Crippen LogP contribution >= 0.6 is 0 Å². The lowest BCUT2D eigenvalue weighted by molar-refractivity contribution is 0.158. The van der Waals surface area contributed by atoms with E-state index in [1.54, 1.807) is 0 Å². The lowest BCUT2D eigenvalue weighted by atomic mass is 9.96. The van der Waals surface area contributed by atoms with E-state index in [1.807, 2.05) is 4.68 Å². The Labute approximate surface area is 78.4 Å². The average molecular weight is 180 g/mol. The first kappa shape index (κ1) is 8.75. The van der Waals surface area contributed by atoms with Crippen molar-refractivity contribution in [1.82, 2.24) is 9.78 Å². The first-order valence-corrected chi connectivity index (χ1v) is 4.92. The van der Waals surface area contributed by atoms with Crippen LogP contribution in [0.25, 0.3) is 0 Å². The second-order valence-electron chi connectivity index (χ2n) is 4.07. The monoisotopic (exact) mass is 180 g/mol. The van der Waals surface area contributed by atoms with Gasteiger partial charge in [-0.2, -0.15) is 5.10 Å². The first-order valence-electron chi connectivity index (χ1n) is 4.92. The Balaban J connectivity index is 2.28. The number of aryl methyl sites for hydroxylation is 1. The maximum atomic E-state index is 9.47. The van der Waals surface area contributed by atoms with Gasteiger partial charge in [-0.3, -0.25) is 4.68 Å². The summed E-state index contributed by atoms with van der Waals surface area (Å²) < 4.78 is 1.99. The molecule has 1 aliphatic rings. The van der Waals surface area contributed by atoms with Crippen LogP contribution in [0, 0.1) is 0 Å². The van der Waals surface area contributed by atoms with Crippen LogP contribution in [0.15, 0.2) is 6.20 Å². The van der Waals surface area contributed by atoms with E-state index in [2.05, 4.69) is 25.1 Å². The summed E-state index contributed by atoms with van der Waals surface area (Å²) in [5.74, 6) is 0. The number of aliphatic hydroxyl groups excluding tert-OH is 1. The molecule has 1 aromatic heterocycles. The van der Waals surface area contributed by atoms with Crippen LogP contribution in [0.2, 0.25) is 0 Å². The fourth-order valence-corrected chi connectivity index (χ4v) is 1.77.